The summed E-state index contributed by atoms with van der Waals surface area (Å²) in [6, 6.07) is 8.36. The van der Waals surface area contributed by atoms with Gasteiger partial charge in [0.1, 0.15) is 11.6 Å². The molecule has 0 bridgehead atoms. The van der Waals surface area contributed by atoms with Gasteiger partial charge in [-0.15, -0.1) is 0 Å². The van der Waals surface area contributed by atoms with Crippen molar-refractivity contribution in [2.24, 2.45) is 5.92 Å². The second kappa shape index (κ2) is 8.43. The molecule has 3 heterocycles. The van der Waals surface area contributed by atoms with Crippen LogP contribution in [-0.4, -0.2) is 40.0 Å². The normalized spacial score (nSPS) is 18.8. The summed E-state index contributed by atoms with van der Waals surface area (Å²) < 4.78 is 26.3. The summed E-state index contributed by atoms with van der Waals surface area (Å²) in [6.07, 6.45) is 7.10. The topological polar surface area (TPSA) is 74.8 Å². The van der Waals surface area contributed by atoms with Crippen molar-refractivity contribution in [2.45, 2.75) is 37.6 Å². The van der Waals surface area contributed by atoms with Crippen molar-refractivity contribution in [3.8, 4) is 11.3 Å². The van der Waals surface area contributed by atoms with Gasteiger partial charge in [-0.25, -0.2) is 18.7 Å². The Morgan fingerprint density at radius 3 is 2.62 bits per heavy atom. The van der Waals surface area contributed by atoms with Gasteiger partial charge in [0.25, 0.3) is 0 Å². The quantitative estimate of drug-likeness (QED) is 0.514. The monoisotopic (exact) mass is 436 g/mol. The van der Waals surface area contributed by atoms with Crippen LogP contribution in [0.5, 0.6) is 0 Å². The Hall–Kier alpha value is -3.13. The first-order valence-electron chi connectivity index (χ1n) is 11.0. The molecule has 1 aliphatic carbocycles. The van der Waals surface area contributed by atoms with Crippen LogP contribution in [0.3, 0.4) is 0 Å². The molecule has 0 unspecified atom stereocenters. The molecule has 2 fully saturated rings. The van der Waals surface area contributed by atoms with E-state index in [1.165, 1.54) is 0 Å². The molecule has 0 amide bonds. The fourth-order valence-corrected chi connectivity index (χ4v) is 4.29. The second-order valence-corrected chi connectivity index (χ2v) is 8.70. The summed E-state index contributed by atoms with van der Waals surface area (Å²) in [5, 5.41) is 11.9. The average molecular weight is 437 g/mol. The molecule has 32 heavy (non-hydrogen) atoms. The van der Waals surface area contributed by atoms with E-state index in [-0.39, 0.29) is 18.8 Å². The molecule has 8 heteroatoms. The SMILES string of the molecule is C=C(Nc1cc2cc(-c3cncc(NC4CCNCC4)n3)ccc2cn1)C1CC(F)(F)C1. The van der Waals surface area contributed by atoms with E-state index in [1.54, 1.807) is 18.6 Å². The molecular weight excluding hydrogens is 410 g/mol. The van der Waals surface area contributed by atoms with E-state index >= 15 is 0 Å². The van der Waals surface area contributed by atoms with E-state index < -0.39 is 5.92 Å². The van der Waals surface area contributed by atoms with Crippen molar-refractivity contribution < 1.29 is 8.78 Å². The summed E-state index contributed by atoms with van der Waals surface area (Å²) in [4.78, 5) is 13.5. The number of nitrogens with one attached hydrogen (secondary N) is 3. The van der Waals surface area contributed by atoms with E-state index in [9.17, 15) is 8.78 Å². The van der Waals surface area contributed by atoms with Crippen LogP contribution >= 0.6 is 0 Å². The lowest BCUT2D eigenvalue weighted by atomic mass is 9.79. The molecule has 0 spiro atoms. The van der Waals surface area contributed by atoms with Gasteiger partial charge in [-0.05, 0) is 43.5 Å². The molecule has 1 saturated heterocycles. The molecule has 1 aromatic carbocycles. The maximum Gasteiger partial charge on any atom is 0.249 e. The lowest BCUT2D eigenvalue weighted by Gasteiger charge is -2.36. The predicted octanol–water partition coefficient (Wildman–Crippen LogP) is 4.83. The number of piperidine rings is 1. The van der Waals surface area contributed by atoms with Crippen molar-refractivity contribution in [1.29, 1.82) is 0 Å². The third kappa shape index (κ3) is 4.55. The van der Waals surface area contributed by atoms with Gasteiger partial charge in [-0.1, -0.05) is 18.7 Å². The number of hydrogen-bond donors (Lipinski definition) is 3. The van der Waals surface area contributed by atoms with Crippen LogP contribution in [0.4, 0.5) is 20.4 Å². The molecule has 5 rings (SSSR count). The zero-order valence-corrected chi connectivity index (χ0v) is 17.7. The smallest absolute Gasteiger partial charge is 0.249 e. The van der Waals surface area contributed by atoms with Crippen LogP contribution in [0.25, 0.3) is 22.0 Å². The molecule has 3 aromatic rings. The number of aromatic nitrogens is 3. The van der Waals surface area contributed by atoms with Crippen molar-refractivity contribution in [2.75, 3.05) is 23.7 Å². The van der Waals surface area contributed by atoms with Gasteiger partial charge in [0.05, 0.1) is 18.1 Å². The van der Waals surface area contributed by atoms with Gasteiger partial charge in [0.2, 0.25) is 5.92 Å². The largest absolute Gasteiger partial charge is 0.366 e. The highest BCUT2D eigenvalue weighted by atomic mass is 19.3. The highest BCUT2D eigenvalue weighted by molar-refractivity contribution is 5.88. The first-order chi connectivity index (χ1) is 15.4. The van der Waals surface area contributed by atoms with Crippen LogP contribution < -0.4 is 16.0 Å². The van der Waals surface area contributed by atoms with Crippen LogP contribution in [-0.2, 0) is 0 Å². The third-order valence-corrected chi connectivity index (χ3v) is 6.21. The first kappa shape index (κ1) is 20.8. The lowest BCUT2D eigenvalue weighted by molar-refractivity contribution is -0.0988. The predicted molar refractivity (Wildman–Crippen MR) is 123 cm³/mol. The minimum Gasteiger partial charge on any atom is -0.366 e. The Morgan fingerprint density at radius 1 is 1.03 bits per heavy atom. The maximum absolute atomic E-state index is 13.2. The summed E-state index contributed by atoms with van der Waals surface area (Å²) in [6.45, 7) is 5.95. The Kier molecular flexibility index (Phi) is 5.46. The van der Waals surface area contributed by atoms with Crippen molar-refractivity contribution >= 4 is 22.4 Å². The van der Waals surface area contributed by atoms with Gasteiger partial charge < -0.3 is 16.0 Å². The number of pyridine rings is 1. The Labute approximate surface area is 185 Å². The van der Waals surface area contributed by atoms with Crippen LogP contribution in [0, 0.1) is 5.92 Å². The number of alkyl halides is 2. The van der Waals surface area contributed by atoms with Gasteiger partial charge in [-0.2, -0.15) is 0 Å². The number of nitrogens with zero attached hydrogens (tertiary/aromatic N) is 3. The molecule has 0 radical (unpaired) electrons. The number of allylic oxidation sites excluding steroid dienone is 1. The molecule has 1 saturated carbocycles. The highest BCUT2D eigenvalue weighted by Gasteiger charge is 2.46. The number of anilines is 2. The van der Waals surface area contributed by atoms with Gasteiger partial charge in [0, 0.05) is 47.6 Å². The van der Waals surface area contributed by atoms with E-state index in [2.05, 4.69) is 32.5 Å². The van der Waals surface area contributed by atoms with Crippen molar-refractivity contribution in [1.82, 2.24) is 20.3 Å². The standard InChI is InChI=1S/C24H26F2N6/c1-15(19-10-24(25,26)11-19)30-22-9-18-8-16(2-3-17(18)12-29-22)21-13-28-14-23(32-21)31-20-4-6-27-7-5-20/h2-3,8-9,12-14,19-20,27H,1,4-7,10-11H2,(H,29,30)(H,31,32). The molecular formula is C24H26F2N6. The zero-order valence-electron chi connectivity index (χ0n) is 17.7. The highest BCUT2D eigenvalue weighted by Crippen LogP contribution is 2.45. The summed E-state index contributed by atoms with van der Waals surface area (Å²) in [5.74, 6) is -1.42. The first-order valence-corrected chi connectivity index (χ1v) is 11.0. The lowest BCUT2D eigenvalue weighted by Crippen LogP contribution is -2.37. The second-order valence-electron chi connectivity index (χ2n) is 8.70. The Morgan fingerprint density at radius 2 is 1.84 bits per heavy atom. The molecule has 2 aromatic heterocycles. The number of fused-ring (bicyclic) bond motifs is 1. The number of halogens is 2. The van der Waals surface area contributed by atoms with Crippen LogP contribution in [0.2, 0.25) is 0 Å². The van der Waals surface area contributed by atoms with E-state index in [0.29, 0.717) is 17.6 Å². The molecule has 1 aliphatic heterocycles. The fraction of sp³-hybridized carbons (Fsp3) is 0.375. The zero-order chi connectivity index (χ0) is 22.1. The number of benzene rings is 1. The summed E-state index contributed by atoms with van der Waals surface area (Å²) >= 11 is 0. The van der Waals surface area contributed by atoms with Crippen LogP contribution in [0.1, 0.15) is 25.7 Å². The van der Waals surface area contributed by atoms with Gasteiger partial charge in [-0.3, -0.25) is 4.98 Å². The number of hydrogen-bond acceptors (Lipinski definition) is 6. The third-order valence-electron chi connectivity index (χ3n) is 6.21. The van der Waals surface area contributed by atoms with Crippen LogP contribution in [0.15, 0.2) is 55.1 Å². The summed E-state index contributed by atoms with van der Waals surface area (Å²) in [5.41, 5.74) is 2.33. The Bertz CT molecular complexity index is 1130. The average Bonchev–Trinajstić information content (AvgIpc) is 2.78. The Balaban J connectivity index is 1.33. The van der Waals surface area contributed by atoms with Gasteiger partial charge >= 0.3 is 0 Å². The van der Waals surface area contributed by atoms with Crippen molar-refractivity contribution in [3.05, 3.63) is 55.1 Å². The minimum atomic E-state index is -2.57. The minimum absolute atomic E-state index is 0.156. The molecule has 6 nitrogen and oxygen atoms in total. The molecule has 2 aliphatic rings. The fourth-order valence-electron chi connectivity index (χ4n) is 4.29. The van der Waals surface area contributed by atoms with Gasteiger partial charge in [0.15, 0.2) is 0 Å². The number of rotatable bonds is 6. The van der Waals surface area contributed by atoms with E-state index in [0.717, 1.165) is 53.8 Å². The molecule has 0 atom stereocenters. The molecule has 166 valence electrons. The van der Waals surface area contributed by atoms with E-state index in [4.69, 9.17) is 4.98 Å². The summed E-state index contributed by atoms with van der Waals surface area (Å²) in [7, 11) is 0. The molecule has 3 N–H and O–H groups in total. The van der Waals surface area contributed by atoms with Crippen molar-refractivity contribution in [3.63, 3.8) is 0 Å². The maximum atomic E-state index is 13.2. The van der Waals surface area contributed by atoms with E-state index in [1.807, 2.05) is 24.3 Å².